The third kappa shape index (κ3) is 4.25. The number of halogens is 1. The zero-order valence-corrected chi connectivity index (χ0v) is 13.4. The molecule has 0 saturated heterocycles. The van der Waals surface area contributed by atoms with Crippen molar-refractivity contribution in [3.63, 3.8) is 0 Å². The van der Waals surface area contributed by atoms with Gasteiger partial charge >= 0.3 is 0 Å². The van der Waals surface area contributed by atoms with E-state index in [1.54, 1.807) is 0 Å². The van der Waals surface area contributed by atoms with Crippen LogP contribution in [0.4, 0.5) is 0 Å². The Bertz CT molecular complexity index is 635. The number of carbonyl (C=O) groups is 1. The molecule has 1 heterocycles. The zero-order valence-electron chi connectivity index (χ0n) is 11.0. The van der Waals surface area contributed by atoms with Gasteiger partial charge in [0, 0.05) is 17.9 Å². The van der Waals surface area contributed by atoms with E-state index in [-0.39, 0.29) is 5.91 Å². The average molecular weight is 353 g/mol. The second kappa shape index (κ2) is 6.76. The Kier molecular flexibility index (Phi) is 5.03. The van der Waals surface area contributed by atoms with E-state index in [2.05, 4.69) is 38.6 Å². The van der Waals surface area contributed by atoms with E-state index in [1.807, 2.05) is 25.1 Å². The smallest absolute Gasteiger partial charge is 0.236 e. The second-order valence-corrected chi connectivity index (χ2v) is 6.03. The van der Waals surface area contributed by atoms with Gasteiger partial charge in [0.05, 0.1) is 10.7 Å². The van der Waals surface area contributed by atoms with Gasteiger partial charge < -0.3 is 4.42 Å². The van der Waals surface area contributed by atoms with E-state index < -0.39 is 0 Å². The van der Waals surface area contributed by atoms with E-state index in [0.717, 1.165) is 14.5 Å². The lowest BCUT2D eigenvalue weighted by Gasteiger charge is -1.99. The standard InChI is InChI=1S/C14H13BrN2O2S/c1-9-3-5-12(6-4-9)20-14-13(15)7-11(19-14)8-16-17-10(2)18/h3-8H,1-2H3,(H,17,18)/b16-8+. The number of hydrogen-bond donors (Lipinski definition) is 1. The highest BCUT2D eigenvalue weighted by molar-refractivity contribution is 9.10. The topological polar surface area (TPSA) is 54.6 Å². The Balaban J connectivity index is 2.09. The highest BCUT2D eigenvalue weighted by Crippen LogP contribution is 2.35. The molecular weight excluding hydrogens is 340 g/mol. The van der Waals surface area contributed by atoms with Crippen molar-refractivity contribution < 1.29 is 9.21 Å². The third-order valence-electron chi connectivity index (χ3n) is 2.32. The maximum absolute atomic E-state index is 10.7. The number of hydrazone groups is 1. The molecule has 0 spiro atoms. The first-order valence-electron chi connectivity index (χ1n) is 5.88. The molecule has 0 aliphatic rings. The number of nitrogens with zero attached hydrogens (tertiary/aromatic N) is 1. The largest absolute Gasteiger partial charge is 0.447 e. The van der Waals surface area contributed by atoms with Crippen molar-refractivity contribution in [1.29, 1.82) is 0 Å². The van der Waals surface area contributed by atoms with Crippen molar-refractivity contribution in [3.05, 3.63) is 46.1 Å². The molecule has 20 heavy (non-hydrogen) atoms. The molecule has 2 rings (SSSR count). The fourth-order valence-corrected chi connectivity index (χ4v) is 2.73. The van der Waals surface area contributed by atoms with Gasteiger partial charge in [-0.1, -0.05) is 29.5 Å². The molecule has 1 amide bonds. The van der Waals surface area contributed by atoms with Crippen LogP contribution in [-0.2, 0) is 4.79 Å². The Morgan fingerprint density at radius 2 is 2.10 bits per heavy atom. The second-order valence-electron chi connectivity index (χ2n) is 4.13. The molecule has 104 valence electrons. The molecule has 0 unspecified atom stereocenters. The summed E-state index contributed by atoms with van der Waals surface area (Å²) in [5, 5.41) is 4.51. The van der Waals surface area contributed by atoms with E-state index in [9.17, 15) is 4.79 Å². The number of furan rings is 1. The molecule has 1 N–H and O–H groups in total. The number of hydrogen-bond acceptors (Lipinski definition) is 4. The van der Waals surface area contributed by atoms with Crippen LogP contribution in [0, 0.1) is 6.92 Å². The van der Waals surface area contributed by atoms with Gasteiger partial charge in [-0.2, -0.15) is 5.10 Å². The third-order valence-corrected chi connectivity index (χ3v) is 4.17. The zero-order chi connectivity index (χ0) is 14.5. The molecule has 6 heteroatoms. The van der Waals surface area contributed by atoms with Crippen molar-refractivity contribution in [1.82, 2.24) is 5.43 Å². The summed E-state index contributed by atoms with van der Waals surface area (Å²) in [5.41, 5.74) is 3.55. The normalized spacial score (nSPS) is 10.9. The molecule has 4 nitrogen and oxygen atoms in total. The Hall–Kier alpha value is -1.53. The fourth-order valence-electron chi connectivity index (χ4n) is 1.40. The minimum Gasteiger partial charge on any atom is -0.447 e. The van der Waals surface area contributed by atoms with Gasteiger partial charge in [0.15, 0.2) is 5.09 Å². The molecule has 0 aliphatic heterocycles. The molecule has 0 radical (unpaired) electrons. The fraction of sp³-hybridized carbons (Fsp3) is 0.143. The summed E-state index contributed by atoms with van der Waals surface area (Å²) in [5.74, 6) is 0.348. The Morgan fingerprint density at radius 1 is 1.40 bits per heavy atom. The monoisotopic (exact) mass is 352 g/mol. The van der Waals surface area contributed by atoms with Gasteiger partial charge in [-0.15, -0.1) is 0 Å². The van der Waals surface area contributed by atoms with Gasteiger partial charge in [-0.25, -0.2) is 5.43 Å². The molecule has 1 aromatic carbocycles. The maximum atomic E-state index is 10.7. The predicted molar refractivity (Wildman–Crippen MR) is 83.1 cm³/mol. The number of nitrogens with one attached hydrogen (secondary N) is 1. The molecule has 1 aromatic heterocycles. The van der Waals surface area contributed by atoms with Crippen LogP contribution in [0.5, 0.6) is 0 Å². The molecule has 2 aromatic rings. The number of carbonyl (C=O) groups excluding carboxylic acids is 1. The van der Waals surface area contributed by atoms with Crippen molar-refractivity contribution in [2.24, 2.45) is 5.10 Å². The van der Waals surface area contributed by atoms with Gasteiger partial charge in [0.1, 0.15) is 5.76 Å². The predicted octanol–water partition coefficient (Wildman–Crippen LogP) is 3.97. The van der Waals surface area contributed by atoms with Crippen molar-refractivity contribution in [2.45, 2.75) is 23.8 Å². The molecule has 0 atom stereocenters. The van der Waals surface area contributed by atoms with Crippen LogP contribution in [0.1, 0.15) is 18.2 Å². The first-order valence-corrected chi connectivity index (χ1v) is 7.49. The highest BCUT2D eigenvalue weighted by atomic mass is 79.9. The van der Waals surface area contributed by atoms with Gasteiger partial charge in [-0.05, 0) is 35.0 Å². The van der Waals surface area contributed by atoms with Crippen LogP contribution in [0.2, 0.25) is 0 Å². The van der Waals surface area contributed by atoms with E-state index in [0.29, 0.717) is 5.76 Å². The summed E-state index contributed by atoms with van der Waals surface area (Å²) in [7, 11) is 0. The lowest BCUT2D eigenvalue weighted by Crippen LogP contribution is -2.12. The molecule has 0 fully saturated rings. The maximum Gasteiger partial charge on any atom is 0.236 e. The molecule has 0 saturated carbocycles. The summed E-state index contributed by atoms with van der Waals surface area (Å²) in [6.45, 7) is 3.45. The SMILES string of the molecule is CC(=O)N/N=C/c1cc(Br)c(Sc2ccc(C)cc2)o1. The van der Waals surface area contributed by atoms with Crippen molar-refractivity contribution in [3.8, 4) is 0 Å². The van der Waals surface area contributed by atoms with Crippen LogP contribution < -0.4 is 5.43 Å². The lowest BCUT2D eigenvalue weighted by molar-refractivity contribution is -0.118. The summed E-state index contributed by atoms with van der Waals surface area (Å²) < 4.78 is 6.50. The van der Waals surface area contributed by atoms with Gasteiger partial charge in [0.2, 0.25) is 5.91 Å². The van der Waals surface area contributed by atoms with E-state index in [4.69, 9.17) is 4.42 Å². The van der Waals surface area contributed by atoms with Gasteiger partial charge in [0.25, 0.3) is 0 Å². The first kappa shape index (κ1) is 14.9. The number of rotatable bonds is 4. The van der Waals surface area contributed by atoms with Crippen molar-refractivity contribution in [2.75, 3.05) is 0 Å². The minimum atomic E-state index is -0.221. The minimum absolute atomic E-state index is 0.221. The summed E-state index contributed by atoms with van der Waals surface area (Å²) in [4.78, 5) is 11.8. The van der Waals surface area contributed by atoms with Crippen LogP contribution in [0.15, 0.2) is 54.3 Å². The first-order chi connectivity index (χ1) is 9.54. The number of aryl methyl sites for hydroxylation is 1. The summed E-state index contributed by atoms with van der Waals surface area (Å²) in [6, 6.07) is 10.00. The van der Waals surface area contributed by atoms with Crippen LogP contribution in [0.3, 0.4) is 0 Å². The highest BCUT2D eigenvalue weighted by Gasteiger charge is 2.09. The van der Waals surface area contributed by atoms with Crippen molar-refractivity contribution >= 4 is 39.8 Å². The average Bonchev–Trinajstić information content (AvgIpc) is 2.72. The van der Waals surface area contributed by atoms with Crippen LogP contribution in [0.25, 0.3) is 0 Å². The van der Waals surface area contributed by atoms with Gasteiger partial charge in [-0.3, -0.25) is 4.79 Å². The Labute approximate surface area is 129 Å². The quantitative estimate of drug-likeness (QED) is 0.668. The summed E-state index contributed by atoms with van der Waals surface area (Å²) in [6.07, 6.45) is 1.46. The molecule has 0 bridgehead atoms. The molecule has 0 aliphatic carbocycles. The lowest BCUT2D eigenvalue weighted by atomic mass is 10.2. The number of benzene rings is 1. The van der Waals surface area contributed by atoms with Crippen LogP contribution in [-0.4, -0.2) is 12.1 Å². The van der Waals surface area contributed by atoms with Crippen LogP contribution >= 0.6 is 27.7 Å². The molecular formula is C14H13BrN2O2S. The Morgan fingerprint density at radius 3 is 2.75 bits per heavy atom. The van der Waals surface area contributed by atoms with E-state index >= 15 is 0 Å². The van der Waals surface area contributed by atoms with E-state index in [1.165, 1.54) is 30.5 Å². The summed E-state index contributed by atoms with van der Waals surface area (Å²) >= 11 is 4.97. The number of amides is 1.